The Bertz CT molecular complexity index is 1100. The summed E-state index contributed by atoms with van der Waals surface area (Å²) in [7, 11) is 0. The summed E-state index contributed by atoms with van der Waals surface area (Å²) in [5, 5.41) is 12.4. The molecule has 0 aliphatic rings. The molecule has 5 nitrogen and oxygen atoms in total. The van der Waals surface area contributed by atoms with Crippen LogP contribution in [0.1, 0.15) is 16.9 Å². The molecule has 0 saturated heterocycles. The van der Waals surface area contributed by atoms with Crippen molar-refractivity contribution in [2.45, 2.75) is 6.92 Å². The SMILES string of the molecule is Cc1ccc(-c2nnc(NC(=O)/C(=C/c3ccco3)c3ccccc3)s2)cc1. The normalized spacial score (nSPS) is 11.4. The third-order valence-corrected chi connectivity index (χ3v) is 4.99. The van der Waals surface area contributed by atoms with Crippen LogP contribution in [0, 0.1) is 6.92 Å². The van der Waals surface area contributed by atoms with Crippen molar-refractivity contribution in [2.75, 3.05) is 5.32 Å². The van der Waals surface area contributed by atoms with Gasteiger partial charge in [0.1, 0.15) is 10.8 Å². The number of hydrogen-bond donors (Lipinski definition) is 1. The van der Waals surface area contributed by atoms with E-state index in [0.717, 1.165) is 16.1 Å². The lowest BCUT2D eigenvalue weighted by Crippen LogP contribution is -2.13. The molecule has 0 saturated carbocycles. The highest BCUT2D eigenvalue weighted by Crippen LogP contribution is 2.28. The largest absolute Gasteiger partial charge is 0.465 e. The molecule has 2 aromatic carbocycles. The number of anilines is 1. The number of amides is 1. The lowest BCUT2D eigenvalue weighted by atomic mass is 10.0. The van der Waals surface area contributed by atoms with E-state index < -0.39 is 0 Å². The van der Waals surface area contributed by atoms with Crippen LogP contribution in [-0.2, 0) is 4.79 Å². The third-order valence-electron chi connectivity index (χ3n) is 4.10. The Balaban J connectivity index is 1.59. The Labute approximate surface area is 166 Å². The maximum Gasteiger partial charge on any atom is 0.258 e. The van der Waals surface area contributed by atoms with Crippen LogP contribution in [0.5, 0.6) is 0 Å². The first-order valence-corrected chi connectivity index (χ1v) is 9.53. The van der Waals surface area contributed by atoms with Gasteiger partial charge in [-0.3, -0.25) is 10.1 Å². The second-order valence-electron chi connectivity index (χ2n) is 6.17. The molecular formula is C22H17N3O2S. The van der Waals surface area contributed by atoms with Gasteiger partial charge in [0.05, 0.1) is 11.8 Å². The Morgan fingerprint density at radius 1 is 1.00 bits per heavy atom. The molecule has 2 heterocycles. The summed E-state index contributed by atoms with van der Waals surface area (Å²) in [5.41, 5.74) is 3.43. The fourth-order valence-corrected chi connectivity index (χ4v) is 3.41. The van der Waals surface area contributed by atoms with E-state index in [9.17, 15) is 4.79 Å². The summed E-state index contributed by atoms with van der Waals surface area (Å²) in [6.45, 7) is 2.03. The van der Waals surface area contributed by atoms with E-state index in [1.54, 1.807) is 24.5 Å². The number of aryl methyl sites for hydroxylation is 1. The fourth-order valence-electron chi connectivity index (χ4n) is 2.66. The van der Waals surface area contributed by atoms with Gasteiger partial charge in [0.2, 0.25) is 5.13 Å². The molecule has 1 amide bonds. The zero-order valence-corrected chi connectivity index (χ0v) is 15.9. The molecule has 28 heavy (non-hydrogen) atoms. The van der Waals surface area contributed by atoms with Gasteiger partial charge in [-0.05, 0) is 30.7 Å². The van der Waals surface area contributed by atoms with Crippen LogP contribution >= 0.6 is 11.3 Å². The zero-order chi connectivity index (χ0) is 19.3. The minimum atomic E-state index is -0.269. The van der Waals surface area contributed by atoms with E-state index in [4.69, 9.17) is 4.42 Å². The molecule has 2 aromatic heterocycles. The maximum absolute atomic E-state index is 12.9. The molecule has 4 rings (SSSR count). The predicted molar refractivity (Wildman–Crippen MR) is 112 cm³/mol. The number of carbonyl (C=O) groups is 1. The van der Waals surface area contributed by atoms with Gasteiger partial charge < -0.3 is 4.42 Å². The minimum Gasteiger partial charge on any atom is -0.465 e. The molecule has 0 aliphatic heterocycles. The monoisotopic (exact) mass is 387 g/mol. The van der Waals surface area contributed by atoms with Gasteiger partial charge in [0.25, 0.3) is 5.91 Å². The van der Waals surface area contributed by atoms with Crippen molar-refractivity contribution in [1.82, 2.24) is 10.2 Å². The van der Waals surface area contributed by atoms with Gasteiger partial charge in [-0.15, -0.1) is 10.2 Å². The number of nitrogens with zero attached hydrogens (tertiary/aromatic N) is 2. The van der Waals surface area contributed by atoms with Crippen LogP contribution in [-0.4, -0.2) is 16.1 Å². The lowest BCUT2D eigenvalue weighted by molar-refractivity contribution is -0.111. The first kappa shape index (κ1) is 17.9. The van der Waals surface area contributed by atoms with Crippen LogP contribution < -0.4 is 5.32 Å². The van der Waals surface area contributed by atoms with Crippen molar-refractivity contribution in [1.29, 1.82) is 0 Å². The predicted octanol–water partition coefficient (Wildman–Crippen LogP) is 5.29. The number of rotatable bonds is 5. The highest BCUT2D eigenvalue weighted by atomic mass is 32.1. The van der Waals surface area contributed by atoms with Gasteiger partial charge in [-0.1, -0.05) is 71.5 Å². The molecule has 4 aromatic rings. The van der Waals surface area contributed by atoms with Crippen molar-refractivity contribution < 1.29 is 9.21 Å². The number of hydrogen-bond acceptors (Lipinski definition) is 5. The highest BCUT2D eigenvalue weighted by Gasteiger charge is 2.16. The molecule has 6 heteroatoms. The Kier molecular flexibility index (Phi) is 5.12. The average molecular weight is 387 g/mol. The van der Waals surface area contributed by atoms with Crippen molar-refractivity contribution in [2.24, 2.45) is 0 Å². The molecular weight excluding hydrogens is 370 g/mol. The average Bonchev–Trinajstić information content (AvgIpc) is 3.39. The van der Waals surface area contributed by atoms with Gasteiger partial charge in [-0.2, -0.15) is 0 Å². The Hall–Kier alpha value is -3.51. The maximum atomic E-state index is 12.9. The summed E-state index contributed by atoms with van der Waals surface area (Å²) in [5.74, 6) is 0.334. The Morgan fingerprint density at radius 2 is 1.79 bits per heavy atom. The topological polar surface area (TPSA) is 68.0 Å². The summed E-state index contributed by atoms with van der Waals surface area (Å²) in [6, 6.07) is 21.1. The molecule has 0 radical (unpaired) electrons. The van der Waals surface area contributed by atoms with Crippen LogP contribution in [0.2, 0.25) is 0 Å². The lowest BCUT2D eigenvalue weighted by Gasteiger charge is -2.06. The molecule has 0 spiro atoms. The van der Waals surface area contributed by atoms with Gasteiger partial charge in [-0.25, -0.2) is 0 Å². The van der Waals surface area contributed by atoms with E-state index in [1.165, 1.54) is 16.9 Å². The first-order chi connectivity index (χ1) is 13.7. The molecule has 0 aliphatic carbocycles. The molecule has 0 bridgehead atoms. The van der Waals surface area contributed by atoms with Gasteiger partial charge >= 0.3 is 0 Å². The number of aromatic nitrogens is 2. The van der Waals surface area contributed by atoms with E-state index in [0.29, 0.717) is 16.5 Å². The first-order valence-electron chi connectivity index (χ1n) is 8.71. The Morgan fingerprint density at radius 3 is 2.50 bits per heavy atom. The molecule has 0 atom stereocenters. The summed E-state index contributed by atoms with van der Waals surface area (Å²) >= 11 is 1.34. The van der Waals surface area contributed by atoms with Crippen LogP contribution in [0.15, 0.2) is 77.4 Å². The minimum absolute atomic E-state index is 0.269. The van der Waals surface area contributed by atoms with E-state index in [-0.39, 0.29) is 5.91 Å². The van der Waals surface area contributed by atoms with Crippen molar-refractivity contribution in [3.05, 3.63) is 89.9 Å². The third kappa shape index (κ3) is 4.07. The van der Waals surface area contributed by atoms with Crippen molar-refractivity contribution in [3.63, 3.8) is 0 Å². The molecule has 1 N–H and O–H groups in total. The quantitative estimate of drug-likeness (QED) is 0.473. The smallest absolute Gasteiger partial charge is 0.258 e. The fraction of sp³-hybridized carbons (Fsp3) is 0.0455. The van der Waals surface area contributed by atoms with Crippen LogP contribution in [0.3, 0.4) is 0 Å². The second kappa shape index (κ2) is 8.02. The van der Waals surface area contributed by atoms with E-state index in [2.05, 4.69) is 15.5 Å². The zero-order valence-electron chi connectivity index (χ0n) is 15.1. The molecule has 0 unspecified atom stereocenters. The van der Waals surface area contributed by atoms with E-state index >= 15 is 0 Å². The van der Waals surface area contributed by atoms with Crippen molar-refractivity contribution in [3.8, 4) is 10.6 Å². The summed E-state index contributed by atoms with van der Waals surface area (Å²) < 4.78 is 5.38. The second-order valence-corrected chi connectivity index (χ2v) is 7.15. The summed E-state index contributed by atoms with van der Waals surface area (Å²) in [4.78, 5) is 12.9. The van der Waals surface area contributed by atoms with Crippen molar-refractivity contribution >= 4 is 34.0 Å². The summed E-state index contributed by atoms with van der Waals surface area (Å²) in [6.07, 6.45) is 3.29. The highest BCUT2D eigenvalue weighted by molar-refractivity contribution is 7.18. The molecule has 138 valence electrons. The number of furan rings is 1. The van der Waals surface area contributed by atoms with Crippen LogP contribution in [0.4, 0.5) is 5.13 Å². The van der Waals surface area contributed by atoms with Gasteiger partial charge in [0, 0.05) is 5.56 Å². The van der Waals surface area contributed by atoms with Gasteiger partial charge in [0.15, 0.2) is 0 Å². The van der Waals surface area contributed by atoms with E-state index in [1.807, 2.05) is 61.5 Å². The number of carbonyl (C=O) groups excluding carboxylic acids is 1. The number of benzene rings is 2. The standard InChI is InChI=1S/C22H17N3O2S/c1-15-9-11-17(12-10-15)21-24-25-22(28-21)23-20(26)19(14-18-8-5-13-27-18)16-6-3-2-4-7-16/h2-14H,1H3,(H,23,25,26)/b19-14+. The van der Waals surface area contributed by atoms with Crippen LogP contribution in [0.25, 0.3) is 22.2 Å². The molecule has 0 fully saturated rings. The number of nitrogens with one attached hydrogen (secondary N) is 1.